The Labute approximate surface area is 193 Å². The van der Waals surface area contributed by atoms with Crippen LogP contribution in [0.4, 0.5) is 4.39 Å². The first kappa shape index (κ1) is 22.4. The minimum atomic E-state index is -0.918. The van der Waals surface area contributed by atoms with E-state index in [0.717, 1.165) is 0 Å². The molecule has 1 amide bonds. The molecule has 0 aliphatic heterocycles. The average molecular weight is 466 g/mol. The van der Waals surface area contributed by atoms with Crippen molar-refractivity contribution in [3.63, 3.8) is 0 Å². The van der Waals surface area contributed by atoms with Gasteiger partial charge in [0.1, 0.15) is 5.82 Å². The van der Waals surface area contributed by atoms with Crippen molar-refractivity contribution < 1.29 is 28.3 Å². The number of fused-ring (bicyclic) bond motifs is 2. The Morgan fingerprint density at radius 1 is 0.909 bits per heavy atom. The smallest absolute Gasteiger partial charge is 0.339 e. The number of nitrogens with zero attached hydrogens (tertiary/aromatic N) is 1. The molecule has 0 aromatic heterocycles. The number of benzene rings is 3. The van der Waals surface area contributed by atoms with Crippen LogP contribution in [-0.4, -0.2) is 42.0 Å². The summed E-state index contributed by atoms with van der Waals surface area (Å²) in [5, 5.41) is 0.172. The Hall–Kier alpha value is -3.84. The van der Waals surface area contributed by atoms with Crippen LogP contribution in [0, 0.1) is 5.82 Å². The van der Waals surface area contributed by atoms with E-state index in [1.165, 1.54) is 54.4 Å². The van der Waals surface area contributed by atoms with E-state index in [1.807, 2.05) is 0 Å². The van der Waals surface area contributed by atoms with Crippen LogP contribution < -0.4 is 0 Å². The lowest BCUT2D eigenvalue weighted by Crippen LogP contribution is -2.31. The van der Waals surface area contributed by atoms with Gasteiger partial charge in [0.15, 0.2) is 18.2 Å². The molecule has 0 N–H and O–H groups in total. The van der Waals surface area contributed by atoms with Crippen LogP contribution in [0.2, 0.25) is 5.02 Å². The zero-order valence-corrected chi connectivity index (χ0v) is 18.2. The highest BCUT2D eigenvalue weighted by molar-refractivity contribution is 6.31. The number of ether oxygens (including phenoxy) is 1. The van der Waals surface area contributed by atoms with Crippen LogP contribution in [0.15, 0.2) is 60.7 Å². The summed E-state index contributed by atoms with van der Waals surface area (Å²) in [5.41, 5.74) is 0.557. The van der Waals surface area contributed by atoms with Gasteiger partial charge in [0.2, 0.25) is 0 Å². The molecule has 3 aromatic rings. The molecule has 0 heterocycles. The largest absolute Gasteiger partial charge is 0.452 e. The maximum atomic E-state index is 14.0. The van der Waals surface area contributed by atoms with E-state index in [1.54, 1.807) is 18.2 Å². The molecule has 3 aromatic carbocycles. The number of carbonyl (C=O) groups is 4. The lowest BCUT2D eigenvalue weighted by molar-refractivity contribution is -0.133. The van der Waals surface area contributed by atoms with E-state index in [4.69, 9.17) is 16.3 Å². The summed E-state index contributed by atoms with van der Waals surface area (Å²) in [4.78, 5) is 52.2. The second-order valence-electron chi connectivity index (χ2n) is 7.46. The average Bonchev–Trinajstić information content (AvgIpc) is 2.82. The quantitative estimate of drug-likeness (QED) is 0.415. The first-order valence-corrected chi connectivity index (χ1v) is 10.3. The number of likely N-dealkylation sites (N-methyl/N-ethyl adjacent to an activating group) is 1. The van der Waals surface area contributed by atoms with Crippen LogP contribution in [0.25, 0.3) is 0 Å². The van der Waals surface area contributed by atoms with Crippen LogP contribution in [0.1, 0.15) is 47.8 Å². The van der Waals surface area contributed by atoms with Crippen molar-refractivity contribution in [2.75, 3.05) is 13.7 Å². The summed E-state index contributed by atoms with van der Waals surface area (Å²) in [6.45, 7) is -0.754. The Morgan fingerprint density at radius 3 is 2.24 bits per heavy atom. The summed E-state index contributed by atoms with van der Waals surface area (Å²) in [6.07, 6.45) is 0. The third kappa shape index (κ3) is 4.15. The number of esters is 1. The van der Waals surface area contributed by atoms with Crippen molar-refractivity contribution in [2.24, 2.45) is 0 Å². The van der Waals surface area contributed by atoms with Crippen molar-refractivity contribution in [1.29, 1.82) is 0 Å². The number of hydrogen-bond donors (Lipinski definition) is 0. The van der Waals surface area contributed by atoms with Gasteiger partial charge in [-0.25, -0.2) is 9.18 Å². The lowest BCUT2D eigenvalue weighted by Gasteiger charge is -2.20. The summed E-state index contributed by atoms with van der Waals surface area (Å²) < 4.78 is 19.1. The van der Waals surface area contributed by atoms with Crippen LogP contribution in [0.3, 0.4) is 0 Å². The number of carbonyl (C=O) groups excluding carboxylic acids is 4. The van der Waals surface area contributed by atoms with Gasteiger partial charge in [-0.3, -0.25) is 14.4 Å². The van der Waals surface area contributed by atoms with Crippen molar-refractivity contribution in [1.82, 2.24) is 4.90 Å². The SMILES string of the molecule is CN(Cc1c(F)cccc1Cl)C(=O)COC(=O)c1cccc2c1C(=O)c1ccccc1C2=O. The normalized spacial score (nSPS) is 12.1. The monoisotopic (exact) mass is 465 g/mol. The first-order valence-electron chi connectivity index (χ1n) is 9.95. The van der Waals surface area contributed by atoms with Crippen LogP contribution >= 0.6 is 11.6 Å². The molecule has 0 saturated carbocycles. The highest BCUT2D eigenvalue weighted by atomic mass is 35.5. The Bertz CT molecular complexity index is 1300. The molecular weight excluding hydrogens is 449 g/mol. The maximum absolute atomic E-state index is 14.0. The molecule has 6 nitrogen and oxygen atoms in total. The van der Waals surface area contributed by atoms with Gasteiger partial charge in [-0.15, -0.1) is 0 Å². The second-order valence-corrected chi connectivity index (χ2v) is 7.87. The fourth-order valence-corrected chi connectivity index (χ4v) is 3.86. The highest BCUT2D eigenvalue weighted by Crippen LogP contribution is 2.30. The first-order chi connectivity index (χ1) is 15.8. The van der Waals surface area contributed by atoms with E-state index in [-0.39, 0.29) is 50.7 Å². The zero-order chi connectivity index (χ0) is 23.7. The molecule has 0 spiro atoms. The fourth-order valence-electron chi connectivity index (χ4n) is 3.64. The molecule has 4 rings (SSSR count). The van der Waals surface area contributed by atoms with Gasteiger partial charge in [-0.05, 0) is 18.2 Å². The number of hydrogen-bond acceptors (Lipinski definition) is 5. The number of halogens is 2. The molecule has 166 valence electrons. The summed E-state index contributed by atoms with van der Waals surface area (Å²) in [7, 11) is 1.42. The van der Waals surface area contributed by atoms with Crippen molar-refractivity contribution in [2.45, 2.75) is 6.54 Å². The molecular formula is C25H17ClFNO5. The highest BCUT2D eigenvalue weighted by Gasteiger charge is 2.33. The lowest BCUT2D eigenvalue weighted by atomic mass is 9.82. The predicted octanol–water partition coefficient (Wildman–Crippen LogP) is 4.07. The van der Waals surface area contributed by atoms with Gasteiger partial charge in [0.25, 0.3) is 5.91 Å². The van der Waals surface area contributed by atoms with Gasteiger partial charge >= 0.3 is 5.97 Å². The van der Waals surface area contributed by atoms with Crippen molar-refractivity contribution in [3.05, 3.63) is 105 Å². The number of ketones is 2. The van der Waals surface area contributed by atoms with E-state index in [2.05, 4.69) is 0 Å². The summed E-state index contributed by atoms with van der Waals surface area (Å²) in [5.74, 6) is -2.91. The molecule has 1 aliphatic rings. The molecule has 0 unspecified atom stereocenters. The molecule has 0 bridgehead atoms. The van der Waals surface area contributed by atoms with Crippen molar-refractivity contribution >= 4 is 35.0 Å². The van der Waals surface area contributed by atoms with Crippen molar-refractivity contribution in [3.8, 4) is 0 Å². The Morgan fingerprint density at radius 2 is 1.55 bits per heavy atom. The van der Waals surface area contributed by atoms with Gasteiger partial charge in [0.05, 0.1) is 5.56 Å². The van der Waals surface area contributed by atoms with Crippen LogP contribution in [-0.2, 0) is 16.1 Å². The van der Waals surface area contributed by atoms with Gasteiger partial charge in [0, 0.05) is 46.4 Å². The maximum Gasteiger partial charge on any atom is 0.339 e. The molecule has 0 saturated heterocycles. The molecule has 0 radical (unpaired) electrons. The molecule has 1 aliphatic carbocycles. The molecule has 0 atom stereocenters. The third-order valence-corrected chi connectivity index (χ3v) is 5.74. The Kier molecular flexibility index (Phi) is 6.07. The Balaban J connectivity index is 1.50. The van der Waals surface area contributed by atoms with E-state index >= 15 is 0 Å². The minimum Gasteiger partial charge on any atom is -0.452 e. The molecule has 0 fully saturated rings. The molecule has 33 heavy (non-hydrogen) atoms. The topological polar surface area (TPSA) is 80.8 Å². The van der Waals surface area contributed by atoms with E-state index in [9.17, 15) is 23.6 Å². The zero-order valence-electron chi connectivity index (χ0n) is 17.4. The third-order valence-electron chi connectivity index (χ3n) is 5.38. The minimum absolute atomic E-state index is 0.0508. The number of amides is 1. The van der Waals surface area contributed by atoms with Gasteiger partial charge < -0.3 is 9.64 Å². The van der Waals surface area contributed by atoms with Gasteiger partial charge in [-0.1, -0.05) is 54.1 Å². The van der Waals surface area contributed by atoms with E-state index in [0.29, 0.717) is 0 Å². The predicted molar refractivity (Wildman–Crippen MR) is 118 cm³/mol. The summed E-state index contributed by atoms with van der Waals surface area (Å²) in [6, 6.07) is 14.9. The molecule has 8 heteroatoms. The van der Waals surface area contributed by atoms with Gasteiger partial charge in [-0.2, -0.15) is 0 Å². The van der Waals surface area contributed by atoms with E-state index < -0.39 is 30.1 Å². The fraction of sp³-hybridized carbons (Fsp3) is 0.120. The summed E-state index contributed by atoms with van der Waals surface area (Å²) >= 11 is 5.99. The number of rotatable bonds is 5. The standard InChI is InChI=1S/C25H17ClFNO5/c1-28(12-18-19(26)10-5-11-20(18)27)21(29)13-33-25(32)17-9-4-8-16-22(17)24(31)15-7-3-2-6-14(15)23(16)30/h2-11H,12-13H2,1H3. The second kappa shape index (κ2) is 8.96. The van der Waals surface area contributed by atoms with Crippen LogP contribution in [0.5, 0.6) is 0 Å².